The predicted molar refractivity (Wildman–Crippen MR) is 217 cm³/mol. The van der Waals surface area contributed by atoms with Gasteiger partial charge in [-0.15, -0.1) is 0 Å². The summed E-state index contributed by atoms with van der Waals surface area (Å²) in [6.45, 7) is 5.28. The molecule has 2 saturated heterocycles. The lowest BCUT2D eigenvalue weighted by molar-refractivity contribution is -0.138. The number of epoxide rings is 1. The molecule has 0 bridgehead atoms. The van der Waals surface area contributed by atoms with Gasteiger partial charge in [0.15, 0.2) is 0 Å². The van der Waals surface area contributed by atoms with E-state index in [1.165, 1.54) is 12.3 Å². The first-order chi connectivity index (χ1) is 28.4. The van der Waals surface area contributed by atoms with Gasteiger partial charge in [0.25, 0.3) is 12.3 Å². The number of alkyl halides is 2. The van der Waals surface area contributed by atoms with E-state index in [0.717, 1.165) is 51.0 Å². The molecule has 12 nitrogen and oxygen atoms in total. The summed E-state index contributed by atoms with van der Waals surface area (Å²) >= 11 is 0. The normalized spacial score (nSPS) is 19.9. The van der Waals surface area contributed by atoms with Crippen LogP contribution in [0.5, 0.6) is 0 Å². The summed E-state index contributed by atoms with van der Waals surface area (Å²) in [6, 6.07) is 15.9. The molecule has 0 radical (unpaired) electrons. The molecule has 14 heteroatoms. The standard InChI is InChI=1S/C45H43F2N7O5/c1-24(2)30-19-28(20-37-39(30)52(4)45(58)51(37)3)53-17-7-10-26-18-31(32(41(46)47)21-36(26)53)27-12-13-34(49-22-27)42(56)48-16-6-9-25-8-5-11-29-33(25)23-54(44-40(29)59-44)35-14-15-38(55)50-43(35)57/h5,8,11-13,18-22,24,35,40-41,44H,7,10,14-17,23H2,1-4H3,(H,48,56)(H,50,55,57). The van der Waals surface area contributed by atoms with Gasteiger partial charge >= 0.3 is 5.69 Å². The van der Waals surface area contributed by atoms with E-state index in [2.05, 4.69) is 52.3 Å². The van der Waals surface area contributed by atoms with Crippen molar-refractivity contribution < 1.29 is 27.9 Å². The van der Waals surface area contributed by atoms with Crippen molar-refractivity contribution in [3.63, 3.8) is 0 Å². The minimum atomic E-state index is -2.77. The predicted octanol–water partition coefficient (Wildman–Crippen LogP) is 5.88. The molecular formula is C45H43F2N7O5. The maximum atomic E-state index is 14.8. The Balaban J connectivity index is 0.917. The highest BCUT2D eigenvalue weighted by molar-refractivity contribution is 6.00. The Hall–Kier alpha value is -6.17. The van der Waals surface area contributed by atoms with Crippen LogP contribution in [0, 0.1) is 11.8 Å². The number of imide groups is 1. The summed E-state index contributed by atoms with van der Waals surface area (Å²) in [5, 5.41) is 5.20. The largest absolute Gasteiger partial charge is 0.348 e. The quantitative estimate of drug-likeness (QED) is 0.119. The number of carbonyl (C=O) groups excluding carboxylic acids is 3. The molecule has 5 aromatic rings. The molecule has 3 aromatic carbocycles. The molecule has 2 N–H and O–H groups in total. The van der Waals surface area contributed by atoms with Crippen molar-refractivity contribution in [2.75, 3.05) is 18.0 Å². The van der Waals surface area contributed by atoms with E-state index in [-0.39, 0.29) is 60.0 Å². The second-order valence-corrected chi connectivity index (χ2v) is 16.0. The number of amides is 3. The molecule has 0 spiro atoms. The van der Waals surface area contributed by atoms with E-state index in [1.54, 1.807) is 35.4 Å². The van der Waals surface area contributed by atoms with Crippen molar-refractivity contribution in [3.8, 4) is 23.0 Å². The molecule has 4 aliphatic rings. The third kappa shape index (κ3) is 6.77. The fourth-order valence-corrected chi connectivity index (χ4v) is 8.96. The van der Waals surface area contributed by atoms with E-state index in [1.807, 2.05) is 35.2 Å². The molecule has 3 unspecified atom stereocenters. The number of pyridine rings is 1. The highest BCUT2D eigenvalue weighted by Gasteiger charge is 2.53. The van der Waals surface area contributed by atoms with Crippen LogP contribution in [0.1, 0.15) is 95.4 Å². The highest BCUT2D eigenvalue weighted by atomic mass is 19.3. The fourth-order valence-electron chi connectivity index (χ4n) is 8.96. The summed E-state index contributed by atoms with van der Waals surface area (Å²) < 4.78 is 38.9. The van der Waals surface area contributed by atoms with Crippen molar-refractivity contribution in [2.24, 2.45) is 14.1 Å². The lowest BCUT2D eigenvalue weighted by atomic mass is 9.91. The van der Waals surface area contributed by atoms with Crippen LogP contribution >= 0.6 is 0 Å². The van der Waals surface area contributed by atoms with E-state index >= 15 is 0 Å². The number of anilines is 2. The van der Waals surface area contributed by atoms with Gasteiger partial charge in [-0.2, -0.15) is 0 Å². The number of fused-ring (bicyclic) bond motifs is 5. The fraction of sp³-hybridized carbons (Fsp3) is 0.356. The summed E-state index contributed by atoms with van der Waals surface area (Å²) in [4.78, 5) is 58.8. The van der Waals surface area contributed by atoms with E-state index < -0.39 is 18.4 Å². The van der Waals surface area contributed by atoms with E-state index in [9.17, 15) is 28.0 Å². The number of aromatic nitrogens is 3. The molecular weight excluding hydrogens is 757 g/mol. The van der Waals surface area contributed by atoms with Gasteiger partial charge in [-0.05, 0) is 89.4 Å². The first-order valence-corrected chi connectivity index (χ1v) is 19.9. The first kappa shape index (κ1) is 38.4. The Labute approximate surface area is 339 Å². The topological polar surface area (TPSA) is 134 Å². The van der Waals surface area contributed by atoms with E-state index in [0.29, 0.717) is 42.7 Å². The van der Waals surface area contributed by atoms with Gasteiger partial charge in [0.2, 0.25) is 11.8 Å². The second kappa shape index (κ2) is 14.9. The summed E-state index contributed by atoms with van der Waals surface area (Å²) in [7, 11) is 3.52. The van der Waals surface area contributed by atoms with Crippen LogP contribution in [0.2, 0.25) is 0 Å². The van der Waals surface area contributed by atoms with Gasteiger partial charge in [0, 0.05) is 67.9 Å². The molecule has 4 aliphatic heterocycles. The van der Waals surface area contributed by atoms with Crippen LogP contribution in [0.3, 0.4) is 0 Å². The number of imidazole rings is 1. The molecule has 3 atom stereocenters. The van der Waals surface area contributed by atoms with Crippen molar-refractivity contribution >= 4 is 40.1 Å². The number of ether oxygens (including phenoxy) is 1. The maximum Gasteiger partial charge on any atom is 0.328 e. The Kier molecular flexibility index (Phi) is 9.68. The Morgan fingerprint density at radius 1 is 1.03 bits per heavy atom. The molecule has 9 rings (SSSR count). The van der Waals surface area contributed by atoms with Crippen molar-refractivity contribution in [1.82, 2.24) is 29.7 Å². The molecule has 2 aromatic heterocycles. The van der Waals surface area contributed by atoms with Crippen LogP contribution in [0.25, 0.3) is 22.2 Å². The van der Waals surface area contributed by atoms with Crippen molar-refractivity contribution in [1.29, 1.82) is 0 Å². The zero-order valence-corrected chi connectivity index (χ0v) is 33.1. The average molecular weight is 800 g/mol. The number of aryl methyl sites for hydroxylation is 3. The van der Waals surface area contributed by atoms with Gasteiger partial charge in [0.05, 0.1) is 23.6 Å². The van der Waals surface area contributed by atoms with Crippen LogP contribution in [0.15, 0.2) is 65.6 Å². The van der Waals surface area contributed by atoms with E-state index in [4.69, 9.17) is 4.74 Å². The van der Waals surface area contributed by atoms with Gasteiger partial charge < -0.3 is 15.0 Å². The third-order valence-corrected chi connectivity index (χ3v) is 12.0. The molecule has 6 heterocycles. The maximum absolute atomic E-state index is 14.8. The lowest BCUT2D eigenvalue weighted by Crippen LogP contribution is -2.53. The number of hydrogen-bond donors (Lipinski definition) is 2. The number of rotatable bonds is 7. The number of hydrogen-bond acceptors (Lipinski definition) is 8. The molecule has 0 saturated carbocycles. The smallest absolute Gasteiger partial charge is 0.328 e. The molecule has 0 aliphatic carbocycles. The molecule has 302 valence electrons. The number of benzene rings is 3. The van der Waals surface area contributed by atoms with Crippen molar-refractivity contribution in [2.45, 2.75) is 76.8 Å². The Morgan fingerprint density at radius 2 is 1.86 bits per heavy atom. The summed E-state index contributed by atoms with van der Waals surface area (Å²) in [6.07, 6.45) is 0.525. The number of nitrogens with zero attached hydrogens (tertiary/aromatic N) is 5. The zero-order valence-electron chi connectivity index (χ0n) is 33.1. The van der Waals surface area contributed by atoms with Crippen LogP contribution in [-0.4, -0.2) is 62.1 Å². The molecule has 3 amide bonds. The van der Waals surface area contributed by atoms with Crippen LogP contribution < -0.4 is 21.2 Å². The van der Waals surface area contributed by atoms with Gasteiger partial charge in [0.1, 0.15) is 18.0 Å². The second-order valence-electron chi connectivity index (χ2n) is 16.0. The van der Waals surface area contributed by atoms with Gasteiger partial charge in [-0.1, -0.05) is 43.9 Å². The third-order valence-electron chi connectivity index (χ3n) is 12.0. The summed E-state index contributed by atoms with van der Waals surface area (Å²) in [5.41, 5.74) is 8.60. The Bertz CT molecular complexity index is 2690. The van der Waals surface area contributed by atoms with Gasteiger partial charge in [-0.3, -0.25) is 38.7 Å². The SMILES string of the molecule is CC(C)c1cc(N2CCCc3cc(-c4ccc(C(=O)NCC#Cc5cccc6c5CN(C5CCC(=O)NC5=O)C5OC65)nc4)c(C(F)F)cc32)cc2c1n(C)c(=O)n2C. The number of nitrogens with one attached hydrogen (secondary N) is 2. The highest BCUT2D eigenvalue weighted by Crippen LogP contribution is 2.49. The minimum Gasteiger partial charge on any atom is -0.348 e. The first-order valence-electron chi connectivity index (χ1n) is 19.9. The average Bonchev–Trinajstić information content (AvgIpc) is 4.01. The van der Waals surface area contributed by atoms with Gasteiger partial charge in [-0.25, -0.2) is 13.6 Å². The molecule has 2 fully saturated rings. The monoisotopic (exact) mass is 799 g/mol. The number of carbonyl (C=O) groups is 3. The number of piperidine rings is 1. The van der Waals surface area contributed by atoms with Crippen molar-refractivity contribution in [3.05, 3.63) is 110 Å². The zero-order chi connectivity index (χ0) is 41.3. The summed E-state index contributed by atoms with van der Waals surface area (Å²) in [5.74, 6) is 5.26. The van der Waals surface area contributed by atoms with Crippen LogP contribution in [-0.2, 0) is 41.4 Å². The molecule has 59 heavy (non-hydrogen) atoms. The number of halogens is 2. The van der Waals surface area contributed by atoms with Crippen LogP contribution in [0.4, 0.5) is 20.2 Å². The Morgan fingerprint density at radius 3 is 2.61 bits per heavy atom. The lowest BCUT2D eigenvalue weighted by Gasteiger charge is -2.34. The minimum absolute atomic E-state index is 0.0361.